The number of aromatic nitrogens is 2. The quantitative estimate of drug-likeness (QED) is 0.511. The van der Waals surface area contributed by atoms with Crippen LogP contribution in [0, 0.1) is 0 Å². The molecule has 3 aromatic rings. The summed E-state index contributed by atoms with van der Waals surface area (Å²) in [7, 11) is 4.57. The van der Waals surface area contributed by atoms with Crippen LogP contribution in [0.15, 0.2) is 54.7 Å². The number of pyridine rings is 2. The summed E-state index contributed by atoms with van der Waals surface area (Å²) in [5.41, 5.74) is 1.35. The number of ether oxygens (including phenoxy) is 4. The number of rotatable bonds is 7. The lowest BCUT2D eigenvalue weighted by atomic mass is 9.99. The minimum absolute atomic E-state index is 0.196. The van der Waals surface area contributed by atoms with Crippen LogP contribution in [0.1, 0.15) is 35.5 Å². The summed E-state index contributed by atoms with van der Waals surface area (Å²) in [6, 6.07) is 12.5. The lowest BCUT2D eigenvalue weighted by Gasteiger charge is -2.29. The fourth-order valence-corrected chi connectivity index (χ4v) is 3.74. The first kappa shape index (κ1) is 23.1. The molecular weight excluding hydrogens is 434 g/mol. The van der Waals surface area contributed by atoms with E-state index in [1.165, 1.54) is 26.2 Å². The molecule has 0 spiro atoms. The van der Waals surface area contributed by atoms with E-state index < -0.39 is 5.60 Å². The maximum absolute atomic E-state index is 13.9. The van der Waals surface area contributed by atoms with Crippen molar-refractivity contribution in [3.8, 4) is 23.1 Å². The fraction of sp³-hybridized carbons (Fsp3) is 0.269. The third-order valence-corrected chi connectivity index (χ3v) is 5.41. The molecule has 1 aliphatic heterocycles. The maximum atomic E-state index is 13.9. The predicted molar refractivity (Wildman–Crippen MR) is 129 cm³/mol. The summed E-state index contributed by atoms with van der Waals surface area (Å²) in [4.78, 5) is 24.4. The molecule has 0 saturated carbocycles. The molecule has 0 atom stereocenters. The number of benzene rings is 1. The highest BCUT2D eigenvalue weighted by Crippen LogP contribution is 2.40. The van der Waals surface area contributed by atoms with E-state index >= 15 is 0 Å². The molecule has 0 N–H and O–H groups in total. The van der Waals surface area contributed by atoms with Crippen molar-refractivity contribution < 1.29 is 23.7 Å². The first-order valence-electron chi connectivity index (χ1n) is 10.8. The van der Waals surface area contributed by atoms with E-state index in [4.69, 9.17) is 18.9 Å². The minimum atomic E-state index is -0.446. The van der Waals surface area contributed by atoms with Crippen LogP contribution in [-0.2, 0) is 6.54 Å². The molecule has 1 aromatic carbocycles. The third-order valence-electron chi connectivity index (χ3n) is 5.41. The van der Waals surface area contributed by atoms with E-state index in [1.54, 1.807) is 30.5 Å². The van der Waals surface area contributed by atoms with Crippen LogP contribution in [0.5, 0.6) is 23.1 Å². The highest BCUT2D eigenvalue weighted by molar-refractivity contribution is 6.08. The van der Waals surface area contributed by atoms with Gasteiger partial charge in [-0.2, -0.15) is 4.98 Å². The zero-order valence-electron chi connectivity index (χ0n) is 19.9. The topological polar surface area (TPSA) is 83.0 Å². The highest BCUT2D eigenvalue weighted by atomic mass is 16.5. The summed E-state index contributed by atoms with van der Waals surface area (Å²) in [6.07, 6.45) is 5.54. The van der Waals surface area contributed by atoms with Crippen LogP contribution in [0.4, 0.5) is 5.82 Å². The van der Waals surface area contributed by atoms with Crippen molar-refractivity contribution >= 4 is 17.8 Å². The Morgan fingerprint density at radius 2 is 1.85 bits per heavy atom. The largest absolute Gasteiger partial charge is 0.495 e. The second-order valence-electron chi connectivity index (χ2n) is 8.19. The first-order chi connectivity index (χ1) is 16.4. The Hall–Kier alpha value is -4.07. The van der Waals surface area contributed by atoms with Gasteiger partial charge in [0.15, 0.2) is 5.75 Å². The van der Waals surface area contributed by atoms with E-state index in [1.807, 2.05) is 44.2 Å². The zero-order chi connectivity index (χ0) is 24.3. The lowest BCUT2D eigenvalue weighted by Crippen LogP contribution is -2.32. The zero-order valence-corrected chi connectivity index (χ0v) is 19.9. The van der Waals surface area contributed by atoms with Gasteiger partial charge in [0.1, 0.15) is 22.9 Å². The van der Waals surface area contributed by atoms with Crippen molar-refractivity contribution in [1.82, 2.24) is 9.97 Å². The van der Waals surface area contributed by atoms with Gasteiger partial charge in [0.05, 0.1) is 44.7 Å². The number of hydrogen-bond acceptors (Lipinski definition) is 7. The summed E-state index contributed by atoms with van der Waals surface area (Å²) in [6.45, 7) is 4.13. The van der Waals surface area contributed by atoms with Crippen LogP contribution < -0.4 is 23.8 Å². The van der Waals surface area contributed by atoms with Gasteiger partial charge in [-0.25, -0.2) is 0 Å². The SMILES string of the molecule is COc1ccc(N(Cc2ccccn2)C(=O)c2ccc3c(c2OC)C=CC(C)(C)O3)nc1OC. The van der Waals surface area contributed by atoms with Gasteiger partial charge in [-0.1, -0.05) is 6.07 Å². The second-order valence-corrected chi connectivity index (χ2v) is 8.19. The molecule has 1 amide bonds. The number of carbonyl (C=O) groups is 1. The van der Waals surface area contributed by atoms with E-state index in [0.717, 1.165) is 0 Å². The molecule has 0 fully saturated rings. The molecule has 4 rings (SSSR count). The molecule has 176 valence electrons. The Kier molecular flexibility index (Phi) is 6.40. The lowest BCUT2D eigenvalue weighted by molar-refractivity contribution is 0.0980. The van der Waals surface area contributed by atoms with Crippen LogP contribution in [-0.4, -0.2) is 42.8 Å². The molecule has 0 bridgehead atoms. The molecule has 34 heavy (non-hydrogen) atoms. The maximum Gasteiger partial charge on any atom is 0.263 e. The molecule has 8 nitrogen and oxygen atoms in total. The Balaban J connectivity index is 1.80. The molecule has 0 saturated heterocycles. The van der Waals surface area contributed by atoms with Crippen molar-refractivity contribution in [1.29, 1.82) is 0 Å². The van der Waals surface area contributed by atoms with Gasteiger partial charge in [0.25, 0.3) is 11.8 Å². The van der Waals surface area contributed by atoms with E-state index in [9.17, 15) is 4.79 Å². The summed E-state index contributed by atoms with van der Waals surface area (Å²) in [5.74, 6) is 1.91. The summed E-state index contributed by atoms with van der Waals surface area (Å²) in [5, 5.41) is 0. The molecule has 1 aliphatic rings. The molecule has 8 heteroatoms. The fourth-order valence-electron chi connectivity index (χ4n) is 3.74. The van der Waals surface area contributed by atoms with E-state index in [2.05, 4.69) is 9.97 Å². The van der Waals surface area contributed by atoms with Crippen molar-refractivity contribution in [3.63, 3.8) is 0 Å². The van der Waals surface area contributed by atoms with Crippen molar-refractivity contribution in [2.45, 2.75) is 26.0 Å². The van der Waals surface area contributed by atoms with Gasteiger partial charge in [-0.05, 0) is 62.4 Å². The van der Waals surface area contributed by atoms with Gasteiger partial charge in [0, 0.05) is 6.20 Å². The standard InChI is InChI=1S/C26H27N3O5/c1-26(2)14-13-18-20(34-26)10-9-19(23(18)32-4)25(30)29(16-17-8-6-7-15-27-17)22-12-11-21(31-3)24(28-22)33-5/h6-15H,16H2,1-5H3. The second kappa shape index (κ2) is 9.43. The van der Waals surface area contributed by atoms with Gasteiger partial charge < -0.3 is 18.9 Å². The van der Waals surface area contributed by atoms with Crippen LogP contribution in [0.25, 0.3) is 6.08 Å². The number of carbonyl (C=O) groups excluding carboxylic acids is 1. The summed E-state index contributed by atoms with van der Waals surface area (Å²) < 4.78 is 22.4. The first-order valence-corrected chi connectivity index (χ1v) is 10.8. The molecule has 3 heterocycles. The number of nitrogens with zero attached hydrogens (tertiary/aromatic N) is 3. The monoisotopic (exact) mass is 461 g/mol. The minimum Gasteiger partial charge on any atom is -0.495 e. The molecule has 2 aromatic heterocycles. The van der Waals surface area contributed by atoms with Crippen LogP contribution in [0.3, 0.4) is 0 Å². The van der Waals surface area contributed by atoms with Crippen molar-refractivity contribution in [2.24, 2.45) is 0 Å². The number of methoxy groups -OCH3 is 3. The molecule has 0 radical (unpaired) electrons. The van der Waals surface area contributed by atoms with Crippen molar-refractivity contribution in [3.05, 3.63) is 71.6 Å². The average Bonchev–Trinajstić information content (AvgIpc) is 2.85. The number of hydrogen-bond donors (Lipinski definition) is 0. The Morgan fingerprint density at radius 3 is 2.53 bits per heavy atom. The van der Waals surface area contributed by atoms with Crippen LogP contribution in [0.2, 0.25) is 0 Å². The smallest absolute Gasteiger partial charge is 0.263 e. The van der Waals surface area contributed by atoms with Gasteiger partial charge >= 0.3 is 0 Å². The Morgan fingerprint density at radius 1 is 1.03 bits per heavy atom. The predicted octanol–water partition coefficient (Wildman–Crippen LogP) is 4.53. The average molecular weight is 462 g/mol. The Bertz CT molecular complexity index is 1220. The molecule has 0 aliphatic carbocycles. The van der Waals surface area contributed by atoms with Crippen LogP contribution >= 0.6 is 0 Å². The van der Waals surface area contributed by atoms with Gasteiger partial charge in [0.2, 0.25) is 0 Å². The third kappa shape index (κ3) is 4.52. The molecule has 0 unspecified atom stereocenters. The van der Waals surface area contributed by atoms with Gasteiger partial charge in [-0.15, -0.1) is 0 Å². The number of amides is 1. The summed E-state index contributed by atoms with van der Waals surface area (Å²) >= 11 is 0. The van der Waals surface area contributed by atoms with E-state index in [0.29, 0.717) is 39.9 Å². The number of fused-ring (bicyclic) bond motifs is 1. The normalized spacial score (nSPS) is 13.4. The Labute approximate surface area is 198 Å². The number of anilines is 1. The van der Waals surface area contributed by atoms with Gasteiger partial charge in [-0.3, -0.25) is 14.7 Å². The van der Waals surface area contributed by atoms with Crippen molar-refractivity contribution in [2.75, 3.05) is 26.2 Å². The molecular formula is C26H27N3O5. The van der Waals surface area contributed by atoms with E-state index in [-0.39, 0.29) is 18.3 Å². The highest BCUT2D eigenvalue weighted by Gasteiger charge is 2.29.